The van der Waals surface area contributed by atoms with Crippen molar-refractivity contribution in [3.63, 3.8) is 0 Å². The molecule has 1 N–H and O–H groups in total. The number of amides is 1. The summed E-state index contributed by atoms with van der Waals surface area (Å²) in [6.07, 6.45) is 5.19. The number of carbonyl (C=O) groups is 2. The Morgan fingerprint density at radius 2 is 1.86 bits per heavy atom. The number of hydrogen-bond acceptors (Lipinski definition) is 2. The predicted molar refractivity (Wildman–Crippen MR) is 83.5 cm³/mol. The van der Waals surface area contributed by atoms with Gasteiger partial charge in [-0.25, -0.2) is 4.79 Å². The topological polar surface area (TPSA) is 57.6 Å². The molecule has 4 nitrogen and oxygen atoms in total. The highest BCUT2D eigenvalue weighted by molar-refractivity contribution is 5.86. The molecule has 4 heteroatoms. The first-order valence-electron chi connectivity index (χ1n) is 8.16. The van der Waals surface area contributed by atoms with E-state index in [-0.39, 0.29) is 11.9 Å². The first-order chi connectivity index (χ1) is 10.6. The Balaban J connectivity index is 1.78. The van der Waals surface area contributed by atoms with Gasteiger partial charge in [0.1, 0.15) is 6.04 Å². The lowest BCUT2D eigenvalue weighted by molar-refractivity contribution is -0.149. The van der Waals surface area contributed by atoms with Gasteiger partial charge in [0, 0.05) is 6.04 Å². The molecular formula is C18H23NO3. The number of carboxylic acid groups (broad SMARTS) is 1. The number of fused-ring (bicyclic) bond motifs is 1. The van der Waals surface area contributed by atoms with Crippen LogP contribution in [0.15, 0.2) is 24.3 Å². The Labute approximate surface area is 131 Å². The van der Waals surface area contributed by atoms with Crippen molar-refractivity contribution in [1.29, 1.82) is 0 Å². The summed E-state index contributed by atoms with van der Waals surface area (Å²) >= 11 is 0. The molecule has 2 aliphatic rings. The van der Waals surface area contributed by atoms with Crippen molar-refractivity contribution in [3.05, 3.63) is 35.4 Å². The second-order valence-corrected chi connectivity index (χ2v) is 6.67. The maximum absolute atomic E-state index is 12.7. The van der Waals surface area contributed by atoms with Gasteiger partial charge >= 0.3 is 5.97 Å². The van der Waals surface area contributed by atoms with Gasteiger partial charge in [-0.3, -0.25) is 4.79 Å². The molecule has 1 aliphatic carbocycles. The zero-order valence-corrected chi connectivity index (χ0v) is 13.0. The molecule has 0 radical (unpaired) electrons. The number of aryl methyl sites for hydroxylation is 1. The zero-order valence-electron chi connectivity index (χ0n) is 13.0. The summed E-state index contributed by atoms with van der Waals surface area (Å²) in [5.74, 6) is -0.519. The first kappa shape index (κ1) is 15.1. The van der Waals surface area contributed by atoms with Crippen molar-refractivity contribution in [2.45, 2.75) is 57.5 Å². The summed E-state index contributed by atoms with van der Waals surface area (Å²) in [4.78, 5) is 26.0. The predicted octanol–water partition coefficient (Wildman–Crippen LogP) is 2.78. The van der Waals surface area contributed by atoms with E-state index in [4.69, 9.17) is 0 Å². The number of aliphatic carboxylic acids is 1. The molecule has 3 rings (SSSR count). The van der Waals surface area contributed by atoms with Crippen molar-refractivity contribution in [2.24, 2.45) is 5.92 Å². The van der Waals surface area contributed by atoms with Gasteiger partial charge in [0.05, 0.1) is 6.42 Å². The van der Waals surface area contributed by atoms with Crippen molar-refractivity contribution >= 4 is 11.9 Å². The number of rotatable bonds is 3. The molecule has 118 valence electrons. The standard InChI is InChI=1S/C18H23NO3/c1-12-6-8-13(9-7-12)10-17(20)19-15-5-3-2-4-14(15)11-16(19)18(21)22/h6-9,14-16H,2-5,10-11H2,1H3,(H,21,22). The first-order valence-corrected chi connectivity index (χ1v) is 8.16. The molecule has 2 fully saturated rings. The van der Waals surface area contributed by atoms with Crippen LogP contribution in [0, 0.1) is 12.8 Å². The molecule has 0 bridgehead atoms. The normalized spacial score (nSPS) is 27.5. The molecule has 1 saturated heterocycles. The zero-order chi connectivity index (χ0) is 15.7. The third-order valence-electron chi connectivity index (χ3n) is 5.14. The van der Waals surface area contributed by atoms with Crippen LogP contribution in [-0.2, 0) is 16.0 Å². The van der Waals surface area contributed by atoms with Gasteiger partial charge in [0.15, 0.2) is 0 Å². The van der Waals surface area contributed by atoms with Gasteiger partial charge in [0.25, 0.3) is 0 Å². The van der Waals surface area contributed by atoms with Crippen LogP contribution in [0.25, 0.3) is 0 Å². The Hall–Kier alpha value is -1.84. The summed E-state index contributed by atoms with van der Waals surface area (Å²) in [5, 5.41) is 9.49. The lowest BCUT2D eigenvalue weighted by atomic mass is 9.84. The Morgan fingerprint density at radius 1 is 1.18 bits per heavy atom. The summed E-state index contributed by atoms with van der Waals surface area (Å²) in [6, 6.07) is 7.39. The van der Waals surface area contributed by atoms with E-state index < -0.39 is 12.0 Å². The molecule has 0 spiro atoms. The van der Waals surface area contributed by atoms with E-state index in [1.54, 1.807) is 4.90 Å². The van der Waals surface area contributed by atoms with E-state index in [1.807, 2.05) is 31.2 Å². The third-order valence-corrected chi connectivity index (χ3v) is 5.14. The van der Waals surface area contributed by atoms with Gasteiger partial charge in [0.2, 0.25) is 5.91 Å². The van der Waals surface area contributed by atoms with Crippen LogP contribution in [0.4, 0.5) is 0 Å². The minimum Gasteiger partial charge on any atom is -0.480 e. The van der Waals surface area contributed by atoms with E-state index in [0.29, 0.717) is 18.8 Å². The van der Waals surface area contributed by atoms with Gasteiger partial charge in [-0.05, 0) is 37.7 Å². The fourth-order valence-corrected chi connectivity index (χ4v) is 4.01. The fourth-order valence-electron chi connectivity index (χ4n) is 4.01. The number of carbonyl (C=O) groups excluding carboxylic acids is 1. The minimum atomic E-state index is -0.855. The summed E-state index contributed by atoms with van der Waals surface area (Å²) < 4.78 is 0. The number of hydrogen-bond donors (Lipinski definition) is 1. The summed E-state index contributed by atoms with van der Waals surface area (Å²) in [7, 11) is 0. The number of nitrogens with zero attached hydrogens (tertiary/aromatic N) is 1. The van der Waals surface area contributed by atoms with Gasteiger partial charge in [-0.1, -0.05) is 42.7 Å². The quantitative estimate of drug-likeness (QED) is 0.934. The van der Waals surface area contributed by atoms with Crippen LogP contribution in [-0.4, -0.2) is 34.0 Å². The summed E-state index contributed by atoms with van der Waals surface area (Å²) in [5.41, 5.74) is 2.12. The molecule has 1 saturated carbocycles. The van der Waals surface area contributed by atoms with E-state index in [0.717, 1.165) is 36.8 Å². The van der Waals surface area contributed by atoms with Gasteiger partial charge < -0.3 is 10.0 Å². The SMILES string of the molecule is Cc1ccc(CC(=O)N2C(C(=O)O)CC3CCCCC32)cc1. The number of benzene rings is 1. The van der Waals surface area contributed by atoms with E-state index in [9.17, 15) is 14.7 Å². The molecule has 0 aromatic heterocycles. The van der Waals surface area contributed by atoms with Crippen molar-refractivity contribution < 1.29 is 14.7 Å². The third kappa shape index (κ3) is 2.87. The Kier molecular flexibility index (Phi) is 4.19. The van der Waals surface area contributed by atoms with E-state index in [2.05, 4.69) is 0 Å². The number of carboxylic acids is 1. The smallest absolute Gasteiger partial charge is 0.326 e. The minimum absolute atomic E-state index is 0.0364. The van der Waals surface area contributed by atoms with Crippen LogP contribution in [0.5, 0.6) is 0 Å². The van der Waals surface area contributed by atoms with Crippen molar-refractivity contribution in [3.8, 4) is 0 Å². The van der Waals surface area contributed by atoms with Gasteiger partial charge in [-0.15, -0.1) is 0 Å². The second kappa shape index (κ2) is 6.11. The number of likely N-dealkylation sites (tertiary alicyclic amines) is 1. The fraction of sp³-hybridized carbons (Fsp3) is 0.556. The monoisotopic (exact) mass is 301 g/mol. The lowest BCUT2D eigenvalue weighted by Crippen LogP contribution is -2.46. The maximum Gasteiger partial charge on any atom is 0.326 e. The molecule has 1 aromatic carbocycles. The largest absolute Gasteiger partial charge is 0.480 e. The van der Waals surface area contributed by atoms with Crippen LogP contribution in [0.3, 0.4) is 0 Å². The molecule has 1 aromatic rings. The van der Waals surface area contributed by atoms with Crippen LogP contribution in [0.1, 0.15) is 43.2 Å². The molecule has 22 heavy (non-hydrogen) atoms. The summed E-state index contributed by atoms with van der Waals surface area (Å²) in [6.45, 7) is 2.01. The highest BCUT2D eigenvalue weighted by Crippen LogP contribution is 2.40. The molecular weight excluding hydrogens is 278 g/mol. The van der Waals surface area contributed by atoms with Crippen LogP contribution < -0.4 is 0 Å². The van der Waals surface area contributed by atoms with Gasteiger partial charge in [-0.2, -0.15) is 0 Å². The second-order valence-electron chi connectivity index (χ2n) is 6.67. The van der Waals surface area contributed by atoms with Crippen LogP contribution in [0.2, 0.25) is 0 Å². The molecule has 1 heterocycles. The molecule has 3 atom stereocenters. The van der Waals surface area contributed by atoms with E-state index in [1.165, 1.54) is 0 Å². The Morgan fingerprint density at radius 3 is 2.55 bits per heavy atom. The Bertz CT molecular complexity index is 566. The maximum atomic E-state index is 12.7. The highest BCUT2D eigenvalue weighted by atomic mass is 16.4. The molecule has 1 aliphatic heterocycles. The van der Waals surface area contributed by atoms with Crippen LogP contribution >= 0.6 is 0 Å². The molecule has 1 amide bonds. The average Bonchev–Trinajstić information content (AvgIpc) is 2.89. The van der Waals surface area contributed by atoms with Crippen molar-refractivity contribution in [2.75, 3.05) is 0 Å². The lowest BCUT2D eigenvalue weighted by Gasteiger charge is -2.33. The van der Waals surface area contributed by atoms with Crippen molar-refractivity contribution in [1.82, 2.24) is 4.90 Å². The highest BCUT2D eigenvalue weighted by Gasteiger charge is 2.47. The average molecular weight is 301 g/mol. The molecule has 3 unspecified atom stereocenters. The van der Waals surface area contributed by atoms with E-state index >= 15 is 0 Å².